The lowest BCUT2D eigenvalue weighted by Crippen LogP contribution is -2.28. The van der Waals surface area contributed by atoms with E-state index >= 15 is 0 Å². The Labute approximate surface area is 80.9 Å². The van der Waals surface area contributed by atoms with Crippen molar-refractivity contribution in [2.45, 2.75) is 20.3 Å². The normalized spacial score (nSPS) is 16.9. The summed E-state index contributed by atoms with van der Waals surface area (Å²) in [5.41, 5.74) is 5.46. The zero-order chi connectivity index (χ0) is 10.5. The maximum Gasteiger partial charge on any atom is 0.208 e. The largest absolute Gasteiger partial charge is 0.330 e. The van der Waals surface area contributed by atoms with Crippen molar-refractivity contribution in [3.63, 3.8) is 0 Å². The molecule has 0 heterocycles. The predicted molar refractivity (Wildman–Crippen MR) is 54.8 cm³/mol. The summed E-state index contributed by atoms with van der Waals surface area (Å²) in [4.78, 5) is 0. The third kappa shape index (κ3) is 8.21. The van der Waals surface area contributed by atoms with E-state index in [1.165, 1.54) is 6.26 Å². The van der Waals surface area contributed by atoms with Gasteiger partial charge in [0.1, 0.15) is 0 Å². The second-order valence-corrected chi connectivity index (χ2v) is 5.64. The van der Waals surface area contributed by atoms with Crippen LogP contribution < -0.4 is 10.5 Å². The van der Waals surface area contributed by atoms with Crippen LogP contribution in [0.1, 0.15) is 20.3 Å². The molecule has 0 amide bonds. The molecule has 0 bridgehead atoms. The molecule has 0 aliphatic rings. The minimum atomic E-state index is -3.04. The molecule has 0 saturated carbocycles. The van der Waals surface area contributed by atoms with Crippen LogP contribution in [0, 0.1) is 11.8 Å². The highest BCUT2D eigenvalue weighted by Crippen LogP contribution is 2.09. The molecule has 4 nitrogen and oxygen atoms in total. The van der Waals surface area contributed by atoms with E-state index in [0.717, 1.165) is 6.42 Å². The van der Waals surface area contributed by atoms with Gasteiger partial charge in [-0.3, -0.25) is 0 Å². The molecule has 0 aliphatic carbocycles. The average molecular weight is 208 g/mol. The first-order chi connectivity index (χ1) is 5.85. The van der Waals surface area contributed by atoms with Crippen LogP contribution in [0.5, 0.6) is 0 Å². The molecule has 0 spiro atoms. The van der Waals surface area contributed by atoms with E-state index in [0.29, 0.717) is 24.9 Å². The third-order valence-corrected chi connectivity index (χ3v) is 2.59. The first-order valence-electron chi connectivity index (χ1n) is 4.50. The van der Waals surface area contributed by atoms with E-state index in [9.17, 15) is 8.42 Å². The van der Waals surface area contributed by atoms with Gasteiger partial charge in [-0.25, -0.2) is 13.1 Å². The van der Waals surface area contributed by atoms with Gasteiger partial charge in [-0.05, 0) is 24.8 Å². The molecule has 0 saturated heterocycles. The van der Waals surface area contributed by atoms with Gasteiger partial charge in [0, 0.05) is 6.54 Å². The molecular weight excluding hydrogens is 188 g/mol. The Hall–Kier alpha value is -0.130. The van der Waals surface area contributed by atoms with Crippen molar-refractivity contribution in [1.82, 2.24) is 4.72 Å². The Kier molecular flexibility index (Phi) is 5.51. The minimum Gasteiger partial charge on any atom is -0.330 e. The van der Waals surface area contributed by atoms with Crippen LogP contribution in [0.4, 0.5) is 0 Å². The lowest BCUT2D eigenvalue weighted by molar-refractivity contribution is 0.417. The fraction of sp³-hybridized carbons (Fsp3) is 1.00. The van der Waals surface area contributed by atoms with E-state index in [4.69, 9.17) is 5.73 Å². The van der Waals surface area contributed by atoms with E-state index in [1.807, 2.05) is 6.92 Å². The smallest absolute Gasteiger partial charge is 0.208 e. The summed E-state index contributed by atoms with van der Waals surface area (Å²) in [6.07, 6.45) is 2.13. The summed E-state index contributed by atoms with van der Waals surface area (Å²) < 4.78 is 24.0. The number of hydrogen-bond acceptors (Lipinski definition) is 3. The second-order valence-electron chi connectivity index (χ2n) is 3.80. The van der Waals surface area contributed by atoms with Crippen LogP contribution in [-0.4, -0.2) is 27.8 Å². The van der Waals surface area contributed by atoms with Gasteiger partial charge in [0.2, 0.25) is 10.0 Å². The number of hydrogen-bond donors (Lipinski definition) is 2. The quantitative estimate of drug-likeness (QED) is 0.653. The molecule has 0 aromatic rings. The van der Waals surface area contributed by atoms with Crippen LogP contribution in [0.25, 0.3) is 0 Å². The molecule has 0 aromatic heterocycles. The topological polar surface area (TPSA) is 72.2 Å². The zero-order valence-corrected chi connectivity index (χ0v) is 9.39. The van der Waals surface area contributed by atoms with Gasteiger partial charge < -0.3 is 5.73 Å². The van der Waals surface area contributed by atoms with Crippen molar-refractivity contribution in [2.24, 2.45) is 17.6 Å². The number of rotatable bonds is 6. The molecule has 3 N–H and O–H groups in total. The molecular formula is C8H20N2O2S. The van der Waals surface area contributed by atoms with E-state index in [1.54, 1.807) is 0 Å². The Bertz CT molecular complexity index is 226. The van der Waals surface area contributed by atoms with Crippen molar-refractivity contribution in [3.05, 3.63) is 0 Å². The summed E-state index contributed by atoms with van der Waals surface area (Å²) in [6, 6.07) is 0. The minimum absolute atomic E-state index is 0.341. The van der Waals surface area contributed by atoms with Gasteiger partial charge in [0.25, 0.3) is 0 Å². The summed E-state index contributed by atoms with van der Waals surface area (Å²) in [6.45, 7) is 5.24. The Morgan fingerprint density at radius 2 is 1.85 bits per heavy atom. The molecule has 5 heteroatoms. The van der Waals surface area contributed by atoms with E-state index in [-0.39, 0.29) is 0 Å². The van der Waals surface area contributed by atoms with Crippen molar-refractivity contribution < 1.29 is 8.42 Å². The number of nitrogens with one attached hydrogen (secondary N) is 1. The fourth-order valence-electron chi connectivity index (χ4n) is 1.16. The van der Waals surface area contributed by atoms with Crippen LogP contribution >= 0.6 is 0 Å². The van der Waals surface area contributed by atoms with Gasteiger partial charge in [-0.15, -0.1) is 0 Å². The Morgan fingerprint density at radius 1 is 1.31 bits per heavy atom. The fourth-order valence-corrected chi connectivity index (χ4v) is 1.75. The Balaban J connectivity index is 3.69. The number of sulfonamides is 1. The molecule has 0 aromatic carbocycles. The first-order valence-corrected chi connectivity index (χ1v) is 6.39. The van der Waals surface area contributed by atoms with Gasteiger partial charge in [-0.2, -0.15) is 0 Å². The van der Waals surface area contributed by atoms with Crippen LogP contribution in [-0.2, 0) is 10.0 Å². The molecule has 0 fully saturated rings. The molecule has 0 radical (unpaired) electrons. The highest BCUT2D eigenvalue weighted by Gasteiger charge is 2.09. The second kappa shape index (κ2) is 5.57. The van der Waals surface area contributed by atoms with Crippen molar-refractivity contribution >= 4 is 10.0 Å². The highest BCUT2D eigenvalue weighted by atomic mass is 32.2. The summed E-state index contributed by atoms with van der Waals surface area (Å²) in [5.74, 6) is 0.796. The van der Waals surface area contributed by atoms with Gasteiger partial charge in [0.05, 0.1) is 6.26 Å². The lowest BCUT2D eigenvalue weighted by Gasteiger charge is -2.15. The van der Waals surface area contributed by atoms with Gasteiger partial charge in [0.15, 0.2) is 0 Å². The predicted octanol–water partition coefficient (Wildman–Crippen LogP) is 0.157. The first kappa shape index (κ1) is 12.9. The summed E-state index contributed by atoms with van der Waals surface area (Å²) >= 11 is 0. The molecule has 80 valence electrons. The summed E-state index contributed by atoms with van der Waals surface area (Å²) in [5, 5.41) is 0. The van der Waals surface area contributed by atoms with E-state index < -0.39 is 10.0 Å². The van der Waals surface area contributed by atoms with Crippen LogP contribution in [0.2, 0.25) is 0 Å². The van der Waals surface area contributed by atoms with Crippen molar-refractivity contribution in [2.75, 3.05) is 19.3 Å². The maximum absolute atomic E-state index is 10.8. The Morgan fingerprint density at radius 3 is 2.23 bits per heavy atom. The van der Waals surface area contributed by atoms with Crippen molar-refractivity contribution in [3.8, 4) is 0 Å². The van der Waals surface area contributed by atoms with Gasteiger partial charge >= 0.3 is 0 Å². The molecule has 13 heavy (non-hydrogen) atoms. The van der Waals surface area contributed by atoms with Crippen LogP contribution in [0.3, 0.4) is 0 Å². The summed E-state index contributed by atoms with van der Waals surface area (Å²) in [7, 11) is -3.04. The molecule has 0 rings (SSSR count). The maximum atomic E-state index is 10.8. The molecule has 2 atom stereocenters. The molecule has 2 unspecified atom stereocenters. The van der Waals surface area contributed by atoms with Gasteiger partial charge in [-0.1, -0.05) is 13.8 Å². The highest BCUT2D eigenvalue weighted by molar-refractivity contribution is 7.88. The molecule has 0 aliphatic heterocycles. The van der Waals surface area contributed by atoms with E-state index in [2.05, 4.69) is 11.6 Å². The SMILES string of the molecule is CC(CN)CC(C)CNS(C)(=O)=O. The standard InChI is InChI=1S/C8H20N2O2S/c1-7(5-9)4-8(2)6-10-13(3,11)12/h7-8,10H,4-6,9H2,1-3H3. The van der Waals surface area contributed by atoms with Crippen molar-refractivity contribution in [1.29, 1.82) is 0 Å². The number of nitrogens with two attached hydrogens (primary N) is 1. The monoisotopic (exact) mass is 208 g/mol. The third-order valence-electron chi connectivity index (χ3n) is 1.90. The zero-order valence-electron chi connectivity index (χ0n) is 8.58. The lowest BCUT2D eigenvalue weighted by atomic mass is 9.98. The van der Waals surface area contributed by atoms with Crippen LogP contribution in [0.15, 0.2) is 0 Å². The average Bonchev–Trinajstić information content (AvgIpc) is 1.99.